The van der Waals surface area contributed by atoms with Crippen molar-refractivity contribution in [1.29, 1.82) is 0 Å². The second-order valence-electron chi connectivity index (χ2n) is 3.83. The number of aryl methyl sites for hydroxylation is 1. The van der Waals surface area contributed by atoms with Gasteiger partial charge in [0.15, 0.2) is 0 Å². The summed E-state index contributed by atoms with van der Waals surface area (Å²) in [4.78, 5) is 27.3. The first-order chi connectivity index (χ1) is 8.49. The number of carbonyl (C=O) groups excluding carboxylic acids is 2. The predicted molar refractivity (Wildman–Crippen MR) is 67.8 cm³/mol. The van der Waals surface area contributed by atoms with Crippen LogP contribution in [0.2, 0.25) is 0 Å². The molecule has 0 radical (unpaired) electrons. The standard InChI is InChI=1S/C11H17N5O2/c1-6-4-9(16-12)8(5-14-6)11(18)15-7(2)10(17)13-3/h4-5,7H,12H2,1-3H3,(H,13,17)(H,14,16)(H,15,18). The first-order valence-electron chi connectivity index (χ1n) is 5.45. The molecule has 0 bridgehead atoms. The predicted octanol–water partition coefficient (Wildman–Crippen LogP) is -0.460. The van der Waals surface area contributed by atoms with Gasteiger partial charge in [0.05, 0.1) is 11.3 Å². The van der Waals surface area contributed by atoms with Gasteiger partial charge in [0.25, 0.3) is 5.91 Å². The maximum Gasteiger partial charge on any atom is 0.255 e. The minimum atomic E-state index is -0.630. The molecule has 0 aliphatic heterocycles. The van der Waals surface area contributed by atoms with E-state index >= 15 is 0 Å². The Morgan fingerprint density at radius 3 is 2.67 bits per heavy atom. The van der Waals surface area contributed by atoms with Gasteiger partial charge in [0.2, 0.25) is 5.91 Å². The molecule has 0 aliphatic rings. The largest absolute Gasteiger partial charge is 0.357 e. The summed E-state index contributed by atoms with van der Waals surface area (Å²) >= 11 is 0. The molecule has 1 heterocycles. The lowest BCUT2D eigenvalue weighted by molar-refractivity contribution is -0.122. The molecule has 5 N–H and O–H groups in total. The number of anilines is 1. The zero-order valence-corrected chi connectivity index (χ0v) is 10.6. The molecule has 1 atom stereocenters. The number of nitrogens with zero attached hydrogens (tertiary/aromatic N) is 1. The minimum Gasteiger partial charge on any atom is -0.357 e. The van der Waals surface area contributed by atoms with Gasteiger partial charge in [-0.05, 0) is 19.9 Å². The van der Waals surface area contributed by atoms with Crippen LogP contribution in [0.1, 0.15) is 23.0 Å². The summed E-state index contributed by atoms with van der Waals surface area (Å²) in [5, 5.41) is 5.00. The van der Waals surface area contributed by atoms with E-state index in [1.807, 2.05) is 0 Å². The maximum absolute atomic E-state index is 11.9. The summed E-state index contributed by atoms with van der Waals surface area (Å²) < 4.78 is 0. The fraction of sp³-hybridized carbons (Fsp3) is 0.364. The Morgan fingerprint density at radius 2 is 2.11 bits per heavy atom. The SMILES string of the molecule is CNC(=O)C(C)NC(=O)c1cnc(C)cc1NN. The lowest BCUT2D eigenvalue weighted by atomic mass is 10.2. The second kappa shape index (κ2) is 5.97. The number of rotatable bonds is 4. The van der Waals surface area contributed by atoms with Crippen LogP contribution in [0, 0.1) is 6.92 Å². The van der Waals surface area contributed by atoms with Gasteiger partial charge in [-0.3, -0.25) is 20.4 Å². The van der Waals surface area contributed by atoms with Crippen molar-refractivity contribution >= 4 is 17.5 Å². The summed E-state index contributed by atoms with van der Waals surface area (Å²) in [6, 6.07) is 1.02. The third kappa shape index (κ3) is 3.17. The van der Waals surface area contributed by atoms with Crippen LogP contribution in [0.25, 0.3) is 0 Å². The van der Waals surface area contributed by atoms with Gasteiger partial charge < -0.3 is 16.1 Å². The smallest absolute Gasteiger partial charge is 0.255 e. The molecule has 7 nitrogen and oxygen atoms in total. The molecule has 1 rings (SSSR count). The highest BCUT2D eigenvalue weighted by molar-refractivity contribution is 6.01. The summed E-state index contributed by atoms with van der Waals surface area (Å²) in [5.74, 6) is 4.65. The summed E-state index contributed by atoms with van der Waals surface area (Å²) in [6.07, 6.45) is 1.41. The number of hydrazine groups is 1. The van der Waals surface area contributed by atoms with Gasteiger partial charge in [0.1, 0.15) is 6.04 Å². The molecule has 0 spiro atoms. The summed E-state index contributed by atoms with van der Waals surface area (Å²) in [5.41, 5.74) is 3.92. The highest BCUT2D eigenvalue weighted by Gasteiger charge is 2.17. The van der Waals surface area contributed by atoms with E-state index in [1.165, 1.54) is 13.2 Å². The fourth-order valence-corrected chi connectivity index (χ4v) is 1.42. The number of carbonyl (C=O) groups is 2. The average molecular weight is 251 g/mol. The Balaban J connectivity index is 2.87. The molecule has 18 heavy (non-hydrogen) atoms. The van der Waals surface area contributed by atoms with Crippen LogP contribution >= 0.6 is 0 Å². The lowest BCUT2D eigenvalue weighted by Crippen LogP contribution is -2.43. The van der Waals surface area contributed by atoms with Crippen molar-refractivity contribution in [2.75, 3.05) is 12.5 Å². The van der Waals surface area contributed by atoms with Crippen molar-refractivity contribution in [1.82, 2.24) is 15.6 Å². The molecule has 0 saturated carbocycles. The first kappa shape index (κ1) is 13.9. The number of hydrogen-bond donors (Lipinski definition) is 4. The van der Waals surface area contributed by atoms with E-state index in [1.54, 1.807) is 19.9 Å². The molecule has 1 aromatic heterocycles. The zero-order chi connectivity index (χ0) is 13.7. The Labute approximate surface area is 105 Å². The van der Waals surface area contributed by atoms with Crippen molar-refractivity contribution in [2.45, 2.75) is 19.9 Å². The fourth-order valence-electron chi connectivity index (χ4n) is 1.42. The molecule has 0 aliphatic carbocycles. The normalized spacial score (nSPS) is 11.6. The van der Waals surface area contributed by atoms with E-state index in [0.717, 1.165) is 5.69 Å². The molecular formula is C11H17N5O2. The van der Waals surface area contributed by atoms with Gasteiger partial charge in [-0.2, -0.15) is 0 Å². The third-order valence-electron chi connectivity index (χ3n) is 2.43. The third-order valence-corrected chi connectivity index (χ3v) is 2.43. The number of amides is 2. The zero-order valence-electron chi connectivity index (χ0n) is 10.6. The number of likely N-dealkylation sites (N-methyl/N-ethyl adjacent to an activating group) is 1. The minimum absolute atomic E-state index is 0.273. The Hall–Kier alpha value is -2.15. The van der Waals surface area contributed by atoms with Gasteiger partial charge in [-0.25, -0.2) is 0 Å². The van der Waals surface area contributed by atoms with E-state index in [2.05, 4.69) is 21.0 Å². The highest BCUT2D eigenvalue weighted by atomic mass is 16.2. The average Bonchev–Trinajstić information content (AvgIpc) is 2.37. The number of pyridine rings is 1. The highest BCUT2D eigenvalue weighted by Crippen LogP contribution is 2.14. The Kier molecular flexibility index (Phi) is 4.61. The number of nitrogens with one attached hydrogen (secondary N) is 3. The molecule has 98 valence electrons. The van der Waals surface area contributed by atoms with E-state index in [0.29, 0.717) is 11.3 Å². The molecule has 1 aromatic rings. The quantitative estimate of drug-likeness (QED) is 0.427. The van der Waals surface area contributed by atoms with Crippen molar-refractivity contribution in [2.24, 2.45) is 5.84 Å². The van der Waals surface area contributed by atoms with Crippen LogP contribution in [-0.2, 0) is 4.79 Å². The van der Waals surface area contributed by atoms with Crippen molar-refractivity contribution in [3.63, 3.8) is 0 Å². The number of hydrogen-bond acceptors (Lipinski definition) is 5. The monoisotopic (exact) mass is 251 g/mol. The van der Waals surface area contributed by atoms with E-state index in [9.17, 15) is 9.59 Å². The topological polar surface area (TPSA) is 109 Å². The van der Waals surface area contributed by atoms with Crippen LogP contribution < -0.4 is 21.9 Å². The van der Waals surface area contributed by atoms with E-state index in [-0.39, 0.29) is 5.91 Å². The Bertz CT molecular complexity index is 461. The van der Waals surface area contributed by atoms with Gasteiger partial charge in [-0.15, -0.1) is 0 Å². The maximum atomic E-state index is 11.9. The van der Waals surface area contributed by atoms with Gasteiger partial charge in [0, 0.05) is 18.9 Å². The molecule has 2 amide bonds. The van der Waals surface area contributed by atoms with Crippen molar-refractivity contribution in [3.8, 4) is 0 Å². The van der Waals surface area contributed by atoms with Gasteiger partial charge >= 0.3 is 0 Å². The molecule has 1 unspecified atom stereocenters. The summed E-state index contributed by atoms with van der Waals surface area (Å²) in [6.45, 7) is 3.38. The lowest BCUT2D eigenvalue weighted by Gasteiger charge is -2.14. The summed E-state index contributed by atoms with van der Waals surface area (Å²) in [7, 11) is 1.51. The van der Waals surface area contributed by atoms with Crippen LogP contribution in [0.5, 0.6) is 0 Å². The number of nitrogens with two attached hydrogens (primary N) is 1. The van der Waals surface area contributed by atoms with Crippen LogP contribution in [0.3, 0.4) is 0 Å². The second-order valence-corrected chi connectivity index (χ2v) is 3.83. The Morgan fingerprint density at radius 1 is 1.44 bits per heavy atom. The molecule has 0 saturated heterocycles. The van der Waals surface area contributed by atoms with Crippen molar-refractivity contribution < 1.29 is 9.59 Å². The van der Waals surface area contributed by atoms with Crippen LogP contribution in [-0.4, -0.2) is 29.9 Å². The van der Waals surface area contributed by atoms with E-state index < -0.39 is 11.9 Å². The van der Waals surface area contributed by atoms with Crippen molar-refractivity contribution in [3.05, 3.63) is 23.5 Å². The molecule has 7 heteroatoms. The molecule has 0 aromatic carbocycles. The van der Waals surface area contributed by atoms with Crippen LogP contribution in [0.4, 0.5) is 5.69 Å². The number of nitrogen functional groups attached to an aromatic ring is 1. The van der Waals surface area contributed by atoms with Gasteiger partial charge in [-0.1, -0.05) is 0 Å². The molecule has 0 fully saturated rings. The van der Waals surface area contributed by atoms with Crippen LogP contribution in [0.15, 0.2) is 12.3 Å². The first-order valence-corrected chi connectivity index (χ1v) is 5.45. The molecular weight excluding hydrogens is 234 g/mol. The number of aromatic nitrogens is 1. The van der Waals surface area contributed by atoms with E-state index in [4.69, 9.17) is 5.84 Å².